The first-order valence-electron chi connectivity index (χ1n) is 9.04. The summed E-state index contributed by atoms with van der Waals surface area (Å²) < 4.78 is 1.68. The zero-order valence-electron chi connectivity index (χ0n) is 15.4. The predicted octanol–water partition coefficient (Wildman–Crippen LogP) is 2.50. The molecule has 3 rings (SSSR count). The molecule has 1 saturated heterocycles. The summed E-state index contributed by atoms with van der Waals surface area (Å²) in [5.41, 5.74) is 1.55. The van der Waals surface area contributed by atoms with Crippen LogP contribution in [0.15, 0.2) is 30.5 Å². The monoisotopic (exact) mass is 341 g/mol. The van der Waals surface area contributed by atoms with E-state index >= 15 is 0 Å². The quantitative estimate of drug-likeness (QED) is 0.838. The van der Waals surface area contributed by atoms with Crippen molar-refractivity contribution in [3.8, 4) is 0 Å². The molecule has 3 heterocycles. The maximum atomic E-state index is 12.8. The fraction of sp³-hybridized carbons (Fsp3) is 0.526. The zero-order valence-corrected chi connectivity index (χ0v) is 15.4. The van der Waals surface area contributed by atoms with Gasteiger partial charge < -0.3 is 9.80 Å². The maximum Gasteiger partial charge on any atom is 0.272 e. The van der Waals surface area contributed by atoms with Crippen molar-refractivity contribution in [3.05, 3.63) is 41.9 Å². The fourth-order valence-corrected chi connectivity index (χ4v) is 3.53. The molecule has 6 nitrogen and oxygen atoms in total. The molecule has 6 heteroatoms. The van der Waals surface area contributed by atoms with Crippen molar-refractivity contribution in [2.45, 2.75) is 26.7 Å². The van der Waals surface area contributed by atoms with Crippen LogP contribution in [0.1, 0.15) is 35.9 Å². The molecular weight excluding hydrogens is 314 g/mol. The highest BCUT2D eigenvalue weighted by Crippen LogP contribution is 2.23. The summed E-state index contributed by atoms with van der Waals surface area (Å²) in [5.74, 6) is 1.67. The third kappa shape index (κ3) is 4.00. The van der Waals surface area contributed by atoms with Crippen LogP contribution in [-0.4, -0.2) is 51.8 Å². The number of aryl methyl sites for hydroxylation is 2. The Hall–Kier alpha value is -2.37. The van der Waals surface area contributed by atoms with E-state index in [-0.39, 0.29) is 5.91 Å². The minimum Gasteiger partial charge on any atom is -0.357 e. The molecule has 0 spiro atoms. The van der Waals surface area contributed by atoms with Gasteiger partial charge >= 0.3 is 0 Å². The smallest absolute Gasteiger partial charge is 0.272 e. The molecule has 0 unspecified atom stereocenters. The number of hydrogen-bond acceptors (Lipinski definition) is 4. The minimum absolute atomic E-state index is 0.0813. The third-order valence-electron chi connectivity index (χ3n) is 4.96. The van der Waals surface area contributed by atoms with Crippen LogP contribution in [0.4, 0.5) is 5.82 Å². The number of amides is 1. The highest BCUT2D eigenvalue weighted by atomic mass is 16.2. The third-order valence-corrected chi connectivity index (χ3v) is 4.96. The summed E-state index contributed by atoms with van der Waals surface area (Å²) in [7, 11) is 1.83. The van der Waals surface area contributed by atoms with E-state index in [2.05, 4.69) is 21.0 Å². The molecule has 0 atom stereocenters. The second kappa shape index (κ2) is 7.68. The molecule has 1 fully saturated rings. The SMILES string of the molecule is CCN(CC1CCN(c2ccccn2)CC1)C(=O)c1cc(C)nn1C. The van der Waals surface area contributed by atoms with E-state index in [1.54, 1.807) is 4.68 Å². The number of nitrogens with zero attached hydrogens (tertiary/aromatic N) is 5. The van der Waals surface area contributed by atoms with Crippen LogP contribution in [0.2, 0.25) is 0 Å². The first-order chi connectivity index (χ1) is 12.1. The molecule has 1 aliphatic rings. The molecule has 2 aromatic heterocycles. The summed E-state index contributed by atoms with van der Waals surface area (Å²) in [5, 5.41) is 4.29. The van der Waals surface area contributed by atoms with Crippen LogP contribution >= 0.6 is 0 Å². The van der Waals surface area contributed by atoms with Crippen LogP contribution in [0.5, 0.6) is 0 Å². The van der Waals surface area contributed by atoms with E-state index in [1.165, 1.54) is 0 Å². The molecule has 1 amide bonds. The average Bonchev–Trinajstić information content (AvgIpc) is 2.98. The van der Waals surface area contributed by atoms with E-state index in [9.17, 15) is 4.79 Å². The van der Waals surface area contributed by atoms with Gasteiger partial charge in [0.15, 0.2) is 0 Å². The Morgan fingerprint density at radius 1 is 1.32 bits per heavy atom. The van der Waals surface area contributed by atoms with Crippen molar-refractivity contribution in [1.82, 2.24) is 19.7 Å². The Balaban J connectivity index is 1.58. The van der Waals surface area contributed by atoms with E-state index in [4.69, 9.17) is 0 Å². The Morgan fingerprint density at radius 2 is 2.08 bits per heavy atom. The van der Waals surface area contributed by atoms with Gasteiger partial charge in [0.25, 0.3) is 5.91 Å². The molecule has 2 aromatic rings. The predicted molar refractivity (Wildman–Crippen MR) is 98.7 cm³/mol. The molecule has 1 aliphatic heterocycles. The van der Waals surface area contributed by atoms with Crippen LogP contribution in [0, 0.1) is 12.8 Å². The van der Waals surface area contributed by atoms with Crippen molar-refractivity contribution in [1.29, 1.82) is 0 Å². The number of pyridine rings is 1. The van der Waals surface area contributed by atoms with Crippen LogP contribution in [0.25, 0.3) is 0 Å². The highest BCUT2D eigenvalue weighted by molar-refractivity contribution is 5.92. The summed E-state index contributed by atoms with van der Waals surface area (Å²) in [6, 6.07) is 7.91. The van der Waals surface area contributed by atoms with Crippen molar-refractivity contribution in [2.75, 3.05) is 31.1 Å². The second-order valence-electron chi connectivity index (χ2n) is 6.76. The van der Waals surface area contributed by atoms with Gasteiger partial charge in [-0.15, -0.1) is 0 Å². The number of rotatable bonds is 5. The number of aromatic nitrogens is 3. The molecule has 0 bridgehead atoms. The minimum atomic E-state index is 0.0813. The van der Waals surface area contributed by atoms with Gasteiger partial charge in [0.1, 0.15) is 11.5 Å². The number of carbonyl (C=O) groups is 1. The molecule has 0 radical (unpaired) electrons. The largest absolute Gasteiger partial charge is 0.357 e. The van der Waals surface area contributed by atoms with Gasteiger partial charge in [-0.3, -0.25) is 9.48 Å². The summed E-state index contributed by atoms with van der Waals surface area (Å²) in [6.45, 7) is 7.50. The Morgan fingerprint density at radius 3 is 2.64 bits per heavy atom. The molecule has 0 aromatic carbocycles. The highest BCUT2D eigenvalue weighted by Gasteiger charge is 2.25. The lowest BCUT2D eigenvalue weighted by Crippen LogP contribution is -2.41. The van der Waals surface area contributed by atoms with Gasteiger partial charge in [-0.05, 0) is 50.8 Å². The number of anilines is 1. The first-order valence-corrected chi connectivity index (χ1v) is 9.04. The number of carbonyl (C=O) groups excluding carboxylic acids is 1. The second-order valence-corrected chi connectivity index (χ2v) is 6.76. The molecular formula is C19H27N5O. The fourth-order valence-electron chi connectivity index (χ4n) is 3.53. The molecule has 0 N–H and O–H groups in total. The van der Waals surface area contributed by atoms with Crippen molar-refractivity contribution in [3.63, 3.8) is 0 Å². The van der Waals surface area contributed by atoms with Gasteiger partial charge in [0, 0.05) is 39.4 Å². The Bertz CT molecular complexity index is 704. The molecule has 25 heavy (non-hydrogen) atoms. The lowest BCUT2D eigenvalue weighted by Gasteiger charge is -2.35. The molecule has 134 valence electrons. The lowest BCUT2D eigenvalue weighted by molar-refractivity contribution is 0.0718. The van der Waals surface area contributed by atoms with Gasteiger partial charge in [-0.2, -0.15) is 5.10 Å². The van der Waals surface area contributed by atoms with E-state index in [0.717, 1.165) is 50.5 Å². The van der Waals surface area contributed by atoms with Gasteiger partial charge in [0.2, 0.25) is 0 Å². The summed E-state index contributed by atoms with van der Waals surface area (Å²) in [4.78, 5) is 21.5. The van der Waals surface area contributed by atoms with Gasteiger partial charge in [-0.25, -0.2) is 4.98 Å². The van der Waals surface area contributed by atoms with E-state index < -0.39 is 0 Å². The van der Waals surface area contributed by atoms with E-state index in [0.29, 0.717) is 11.6 Å². The standard InChI is InChI=1S/C19H27N5O/c1-4-23(19(25)17-13-15(2)21-22(17)3)14-16-8-11-24(12-9-16)18-7-5-6-10-20-18/h5-7,10,13,16H,4,8-9,11-12,14H2,1-3H3. The maximum absolute atomic E-state index is 12.8. The van der Waals surface area contributed by atoms with Gasteiger partial charge in [-0.1, -0.05) is 6.07 Å². The van der Waals surface area contributed by atoms with Crippen LogP contribution < -0.4 is 4.90 Å². The van der Waals surface area contributed by atoms with Crippen molar-refractivity contribution < 1.29 is 4.79 Å². The van der Waals surface area contributed by atoms with Crippen LogP contribution in [-0.2, 0) is 7.05 Å². The van der Waals surface area contributed by atoms with Crippen molar-refractivity contribution >= 4 is 11.7 Å². The number of piperidine rings is 1. The normalized spacial score (nSPS) is 15.4. The molecule has 0 saturated carbocycles. The first kappa shape index (κ1) is 17.5. The summed E-state index contributed by atoms with van der Waals surface area (Å²) in [6.07, 6.45) is 4.02. The Labute approximate surface area is 149 Å². The van der Waals surface area contributed by atoms with Gasteiger partial charge in [0.05, 0.1) is 5.69 Å². The topological polar surface area (TPSA) is 54.3 Å². The Kier molecular flexibility index (Phi) is 5.36. The van der Waals surface area contributed by atoms with Crippen molar-refractivity contribution in [2.24, 2.45) is 13.0 Å². The average molecular weight is 341 g/mol. The number of hydrogen-bond donors (Lipinski definition) is 0. The summed E-state index contributed by atoms with van der Waals surface area (Å²) >= 11 is 0. The molecule has 0 aliphatic carbocycles. The zero-order chi connectivity index (χ0) is 17.8. The van der Waals surface area contributed by atoms with Crippen LogP contribution in [0.3, 0.4) is 0 Å². The lowest BCUT2D eigenvalue weighted by atomic mass is 9.96. The van der Waals surface area contributed by atoms with E-state index in [1.807, 2.05) is 50.2 Å².